The molecule has 5 heteroatoms. The minimum absolute atomic E-state index is 0.0547. The van der Waals surface area contributed by atoms with Crippen molar-refractivity contribution in [1.29, 1.82) is 0 Å². The van der Waals surface area contributed by atoms with Crippen LogP contribution < -0.4 is 10.6 Å². The first-order valence-electron chi connectivity index (χ1n) is 6.42. The Hall–Kier alpha value is -1.88. The summed E-state index contributed by atoms with van der Waals surface area (Å²) in [7, 11) is 0. The fourth-order valence-electron chi connectivity index (χ4n) is 1.77. The Labute approximate surface area is 113 Å². The second-order valence-electron chi connectivity index (χ2n) is 4.27. The molecule has 0 saturated carbocycles. The topological polar surface area (TPSA) is 83.6 Å². The van der Waals surface area contributed by atoms with E-state index in [9.17, 15) is 9.59 Å². The molecule has 0 aliphatic carbocycles. The molecule has 104 valence electrons. The van der Waals surface area contributed by atoms with E-state index in [0.717, 1.165) is 18.5 Å². The number of para-hydroxylation sites is 1. The van der Waals surface area contributed by atoms with Crippen LogP contribution in [-0.2, 0) is 9.59 Å². The highest BCUT2D eigenvalue weighted by molar-refractivity contribution is 5.93. The Morgan fingerprint density at radius 2 is 1.79 bits per heavy atom. The predicted octanol–water partition coefficient (Wildman–Crippen LogP) is 1.62. The number of rotatable bonds is 8. The first kappa shape index (κ1) is 15.2. The summed E-state index contributed by atoms with van der Waals surface area (Å²) < 4.78 is 0. The molecule has 5 nitrogen and oxygen atoms in total. The predicted molar refractivity (Wildman–Crippen MR) is 74.0 cm³/mol. The van der Waals surface area contributed by atoms with E-state index >= 15 is 0 Å². The molecule has 0 atom stereocenters. The number of aliphatic carboxylic acids is 1. The summed E-state index contributed by atoms with van der Waals surface area (Å²) in [4.78, 5) is 24.3. The van der Waals surface area contributed by atoms with Crippen LogP contribution in [0.4, 0.5) is 5.69 Å². The number of hydrogen-bond acceptors (Lipinski definition) is 3. The van der Waals surface area contributed by atoms with Crippen LogP contribution in [0.25, 0.3) is 0 Å². The van der Waals surface area contributed by atoms with E-state index in [4.69, 9.17) is 10.8 Å². The third kappa shape index (κ3) is 5.52. The molecule has 19 heavy (non-hydrogen) atoms. The van der Waals surface area contributed by atoms with Crippen molar-refractivity contribution in [3.63, 3.8) is 0 Å². The summed E-state index contributed by atoms with van der Waals surface area (Å²) >= 11 is 0. The van der Waals surface area contributed by atoms with Crippen LogP contribution in [0, 0.1) is 0 Å². The second kappa shape index (κ2) is 8.26. The van der Waals surface area contributed by atoms with Gasteiger partial charge in [0, 0.05) is 18.7 Å². The summed E-state index contributed by atoms with van der Waals surface area (Å²) in [5.41, 5.74) is 6.14. The van der Waals surface area contributed by atoms with Gasteiger partial charge in [-0.05, 0) is 31.5 Å². The van der Waals surface area contributed by atoms with Crippen LogP contribution in [0.3, 0.4) is 0 Å². The van der Waals surface area contributed by atoms with Crippen LogP contribution in [0.5, 0.6) is 0 Å². The maximum atomic E-state index is 12.1. The minimum atomic E-state index is -0.907. The van der Waals surface area contributed by atoms with Gasteiger partial charge in [-0.1, -0.05) is 18.2 Å². The number of carboxylic acids is 1. The van der Waals surface area contributed by atoms with Gasteiger partial charge in [-0.25, -0.2) is 0 Å². The van der Waals surface area contributed by atoms with E-state index in [1.54, 1.807) is 0 Å². The van der Waals surface area contributed by atoms with Gasteiger partial charge in [0.15, 0.2) is 0 Å². The van der Waals surface area contributed by atoms with Crippen LogP contribution in [0.15, 0.2) is 30.3 Å². The average molecular weight is 264 g/mol. The fourth-order valence-corrected chi connectivity index (χ4v) is 1.77. The molecule has 1 rings (SSSR count). The monoisotopic (exact) mass is 264 g/mol. The van der Waals surface area contributed by atoms with Crippen molar-refractivity contribution in [3.05, 3.63) is 30.3 Å². The third-order valence-electron chi connectivity index (χ3n) is 2.76. The SMILES string of the molecule is NCCCCC(=O)N(CCC(=O)O)c1ccccc1. The van der Waals surface area contributed by atoms with E-state index in [1.807, 2.05) is 30.3 Å². The maximum Gasteiger partial charge on any atom is 0.305 e. The van der Waals surface area contributed by atoms with E-state index < -0.39 is 5.97 Å². The summed E-state index contributed by atoms with van der Waals surface area (Å²) in [5.74, 6) is -0.961. The van der Waals surface area contributed by atoms with Gasteiger partial charge < -0.3 is 15.7 Å². The van der Waals surface area contributed by atoms with Crippen LogP contribution >= 0.6 is 0 Å². The lowest BCUT2D eigenvalue weighted by Crippen LogP contribution is -2.32. The fraction of sp³-hybridized carbons (Fsp3) is 0.429. The molecule has 0 spiro atoms. The van der Waals surface area contributed by atoms with E-state index in [1.165, 1.54) is 4.90 Å². The Balaban J connectivity index is 2.69. The Morgan fingerprint density at radius 3 is 2.37 bits per heavy atom. The molecular weight excluding hydrogens is 244 g/mol. The van der Waals surface area contributed by atoms with Crippen LogP contribution in [0.2, 0.25) is 0 Å². The number of unbranched alkanes of at least 4 members (excludes halogenated alkanes) is 1. The van der Waals surface area contributed by atoms with Gasteiger partial charge in [-0.3, -0.25) is 9.59 Å². The quantitative estimate of drug-likeness (QED) is 0.699. The molecule has 0 heterocycles. The summed E-state index contributed by atoms with van der Waals surface area (Å²) in [5, 5.41) is 8.75. The van der Waals surface area contributed by atoms with Gasteiger partial charge >= 0.3 is 5.97 Å². The van der Waals surface area contributed by atoms with Crippen molar-refractivity contribution in [3.8, 4) is 0 Å². The van der Waals surface area contributed by atoms with Gasteiger partial charge in [0.05, 0.1) is 6.42 Å². The van der Waals surface area contributed by atoms with Crippen molar-refractivity contribution in [1.82, 2.24) is 0 Å². The molecule has 0 bridgehead atoms. The maximum absolute atomic E-state index is 12.1. The molecule has 1 aromatic rings. The molecule has 0 saturated heterocycles. The zero-order chi connectivity index (χ0) is 14.1. The van der Waals surface area contributed by atoms with E-state index in [-0.39, 0.29) is 18.9 Å². The smallest absolute Gasteiger partial charge is 0.305 e. The van der Waals surface area contributed by atoms with Gasteiger partial charge in [0.1, 0.15) is 0 Å². The number of carbonyl (C=O) groups excluding carboxylic acids is 1. The number of carboxylic acid groups (broad SMARTS) is 1. The second-order valence-corrected chi connectivity index (χ2v) is 4.27. The molecule has 0 aliphatic rings. The average Bonchev–Trinajstić information content (AvgIpc) is 2.40. The van der Waals surface area contributed by atoms with Crippen LogP contribution in [0.1, 0.15) is 25.7 Å². The van der Waals surface area contributed by atoms with Gasteiger partial charge in [-0.2, -0.15) is 0 Å². The van der Waals surface area contributed by atoms with E-state index in [2.05, 4.69) is 0 Å². The number of nitrogens with zero attached hydrogens (tertiary/aromatic N) is 1. The Kier molecular flexibility index (Phi) is 6.60. The van der Waals surface area contributed by atoms with Crippen molar-refractivity contribution in [2.24, 2.45) is 5.73 Å². The van der Waals surface area contributed by atoms with Crippen LogP contribution in [-0.4, -0.2) is 30.1 Å². The Bertz CT molecular complexity index is 406. The summed E-state index contributed by atoms with van der Waals surface area (Å²) in [6.07, 6.45) is 1.86. The minimum Gasteiger partial charge on any atom is -0.481 e. The van der Waals surface area contributed by atoms with Crippen molar-refractivity contribution >= 4 is 17.6 Å². The highest BCUT2D eigenvalue weighted by atomic mass is 16.4. The van der Waals surface area contributed by atoms with Crippen molar-refractivity contribution < 1.29 is 14.7 Å². The first-order valence-corrected chi connectivity index (χ1v) is 6.42. The third-order valence-corrected chi connectivity index (χ3v) is 2.76. The Morgan fingerprint density at radius 1 is 1.11 bits per heavy atom. The van der Waals surface area contributed by atoms with Crippen molar-refractivity contribution in [2.45, 2.75) is 25.7 Å². The molecule has 0 aliphatic heterocycles. The summed E-state index contributed by atoms with van der Waals surface area (Å²) in [6.45, 7) is 0.758. The lowest BCUT2D eigenvalue weighted by atomic mass is 10.2. The highest BCUT2D eigenvalue weighted by Crippen LogP contribution is 2.16. The molecule has 1 aromatic carbocycles. The highest BCUT2D eigenvalue weighted by Gasteiger charge is 2.16. The number of carbonyl (C=O) groups is 2. The first-order chi connectivity index (χ1) is 9.15. The van der Waals surface area contributed by atoms with Gasteiger partial charge in [0.25, 0.3) is 0 Å². The van der Waals surface area contributed by atoms with Gasteiger partial charge in [-0.15, -0.1) is 0 Å². The zero-order valence-corrected chi connectivity index (χ0v) is 10.9. The number of amides is 1. The number of nitrogens with two attached hydrogens (primary N) is 1. The number of benzene rings is 1. The molecule has 0 unspecified atom stereocenters. The molecule has 3 N–H and O–H groups in total. The lowest BCUT2D eigenvalue weighted by molar-refractivity contribution is -0.136. The zero-order valence-electron chi connectivity index (χ0n) is 10.9. The van der Waals surface area contributed by atoms with Crippen molar-refractivity contribution in [2.75, 3.05) is 18.0 Å². The largest absolute Gasteiger partial charge is 0.481 e. The summed E-state index contributed by atoms with van der Waals surface area (Å²) in [6, 6.07) is 9.13. The number of anilines is 1. The molecule has 0 radical (unpaired) electrons. The molecule has 0 aromatic heterocycles. The molecule has 0 fully saturated rings. The normalized spacial score (nSPS) is 10.2. The standard InChI is InChI=1S/C14H20N2O3/c15-10-5-4-8-13(17)16(11-9-14(18)19)12-6-2-1-3-7-12/h1-3,6-7H,4-5,8-11,15H2,(H,18,19). The van der Waals surface area contributed by atoms with E-state index in [0.29, 0.717) is 13.0 Å². The molecule has 1 amide bonds. The number of hydrogen-bond donors (Lipinski definition) is 2. The van der Waals surface area contributed by atoms with Gasteiger partial charge in [0.2, 0.25) is 5.91 Å². The molecular formula is C14H20N2O3. The lowest BCUT2D eigenvalue weighted by Gasteiger charge is -2.22.